The fourth-order valence-corrected chi connectivity index (χ4v) is 2.04. The average molecular weight is 224 g/mol. The summed E-state index contributed by atoms with van der Waals surface area (Å²) in [5.41, 5.74) is 2.68. The highest BCUT2D eigenvalue weighted by atomic mass is 35.5. The van der Waals surface area contributed by atoms with Gasteiger partial charge in [-0.1, -0.05) is 24.3 Å². The fraction of sp³-hybridized carbons (Fsp3) is 0.417. The van der Waals surface area contributed by atoms with Crippen LogP contribution in [0.3, 0.4) is 0 Å². The average Bonchev–Trinajstić information content (AvgIpc) is 2.59. The normalized spacial score (nSPS) is 17.2. The monoisotopic (exact) mass is 223 g/mol. The van der Waals surface area contributed by atoms with Crippen molar-refractivity contribution in [2.24, 2.45) is 0 Å². The number of amides is 1. The minimum atomic E-state index is -0.450. The van der Waals surface area contributed by atoms with E-state index in [0.717, 1.165) is 12.8 Å². The van der Waals surface area contributed by atoms with Crippen LogP contribution >= 0.6 is 11.6 Å². The first-order valence-electron chi connectivity index (χ1n) is 5.18. The van der Waals surface area contributed by atoms with Gasteiger partial charge in [0.15, 0.2) is 0 Å². The second kappa shape index (κ2) is 4.23. The number of hydrogen-bond donors (Lipinski definition) is 1. The third-order valence-corrected chi connectivity index (χ3v) is 2.96. The van der Waals surface area contributed by atoms with Crippen LogP contribution in [0.2, 0.25) is 0 Å². The number of benzene rings is 1. The first kappa shape index (κ1) is 10.5. The van der Waals surface area contributed by atoms with Crippen molar-refractivity contribution in [2.45, 2.75) is 31.2 Å². The molecule has 1 unspecified atom stereocenters. The van der Waals surface area contributed by atoms with E-state index in [0.29, 0.717) is 0 Å². The molecule has 0 radical (unpaired) electrons. The summed E-state index contributed by atoms with van der Waals surface area (Å²) in [5.74, 6) is -0.0746. The first-order valence-corrected chi connectivity index (χ1v) is 5.61. The molecule has 1 aromatic rings. The Morgan fingerprint density at radius 3 is 2.40 bits per heavy atom. The van der Waals surface area contributed by atoms with E-state index in [1.807, 2.05) is 12.1 Å². The highest BCUT2D eigenvalue weighted by molar-refractivity contribution is 6.30. The van der Waals surface area contributed by atoms with E-state index in [-0.39, 0.29) is 11.9 Å². The highest BCUT2D eigenvalue weighted by Gasteiger charge is 2.23. The molecule has 0 fully saturated rings. The molecule has 15 heavy (non-hydrogen) atoms. The number of nitrogens with one attached hydrogen (secondary N) is 1. The Morgan fingerprint density at radius 1 is 1.40 bits per heavy atom. The van der Waals surface area contributed by atoms with Crippen LogP contribution in [0.4, 0.5) is 0 Å². The predicted molar refractivity (Wildman–Crippen MR) is 61.1 cm³/mol. The summed E-state index contributed by atoms with van der Waals surface area (Å²) < 4.78 is 0. The zero-order chi connectivity index (χ0) is 10.8. The maximum atomic E-state index is 11.4. The molecule has 1 amide bonds. The van der Waals surface area contributed by atoms with Crippen LogP contribution in [0.5, 0.6) is 0 Å². The van der Waals surface area contributed by atoms with Crippen LogP contribution in [0.15, 0.2) is 24.3 Å². The van der Waals surface area contributed by atoms with E-state index in [1.54, 1.807) is 6.92 Å². The Bertz CT molecular complexity index is 351. The van der Waals surface area contributed by atoms with Crippen LogP contribution in [0.25, 0.3) is 0 Å². The van der Waals surface area contributed by atoms with E-state index in [4.69, 9.17) is 11.6 Å². The molecule has 0 saturated carbocycles. The Hall–Kier alpha value is -1.02. The first-order chi connectivity index (χ1) is 7.16. The van der Waals surface area contributed by atoms with Gasteiger partial charge in [-0.3, -0.25) is 4.79 Å². The lowest BCUT2D eigenvalue weighted by atomic mass is 10.1. The molecule has 0 heterocycles. The van der Waals surface area contributed by atoms with Crippen LogP contribution in [-0.4, -0.2) is 17.3 Å². The number of alkyl halides is 1. The van der Waals surface area contributed by atoms with Gasteiger partial charge in [-0.25, -0.2) is 0 Å². The van der Waals surface area contributed by atoms with Crippen LogP contribution < -0.4 is 5.32 Å². The molecule has 0 spiro atoms. The standard InChI is InChI=1S/C12H14ClNO/c1-8(13)12(15)14-11-6-9-4-2-3-5-10(9)7-11/h2-5,8,11H,6-7H2,1H3,(H,14,15). The topological polar surface area (TPSA) is 29.1 Å². The summed E-state index contributed by atoms with van der Waals surface area (Å²) in [6, 6.07) is 8.52. The van der Waals surface area contributed by atoms with Crippen LogP contribution in [-0.2, 0) is 17.6 Å². The third kappa shape index (κ3) is 2.32. The Balaban J connectivity index is 1.99. The second-order valence-corrected chi connectivity index (χ2v) is 4.65. The van der Waals surface area contributed by atoms with Gasteiger partial charge in [-0.15, -0.1) is 11.6 Å². The van der Waals surface area contributed by atoms with Gasteiger partial charge in [-0.2, -0.15) is 0 Å². The highest BCUT2D eigenvalue weighted by Crippen LogP contribution is 2.21. The molecule has 1 aromatic carbocycles. The zero-order valence-corrected chi connectivity index (χ0v) is 9.42. The van der Waals surface area contributed by atoms with Crippen molar-refractivity contribution < 1.29 is 4.79 Å². The van der Waals surface area contributed by atoms with Gasteiger partial charge in [0.1, 0.15) is 5.38 Å². The second-order valence-electron chi connectivity index (χ2n) is 4.00. The lowest BCUT2D eigenvalue weighted by Gasteiger charge is -2.12. The zero-order valence-electron chi connectivity index (χ0n) is 8.66. The fourth-order valence-electron chi connectivity index (χ4n) is 1.98. The van der Waals surface area contributed by atoms with Gasteiger partial charge in [-0.05, 0) is 30.9 Å². The van der Waals surface area contributed by atoms with Crippen molar-refractivity contribution in [3.63, 3.8) is 0 Å². The number of carbonyl (C=O) groups excluding carboxylic acids is 1. The predicted octanol–water partition coefficient (Wildman–Crippen LogP) is 1.90. The lowest BCUT2D eigenvalue weighted by Crippen LogP contribution is -2.39. The minimum absolute atomic E-state index is 0.0746. The van der Waals surface area contributed by atoms with E-state index in [9.17, 15) is 4.79 Å². The number of fused-ring (bicyclic) bond motifs is 1. The third-order valence-electron chi connectivity index (χ3n) is 2.76. The summed E-state index contributed by atoms with van der Waals surface area (Å²) in [5, 5.41) is 2.50. The molecule has 3 heteroatoms. The lowest BCUT2D eigenvalue weighted by molar-refractivity contribution is -0.121. The maximum absolute atomic E-state index is 11.4. The van der Waals surface area contributed by atoms with Gasteiger partial charge in [0.25, 0.3) is 0 Å². The van der Waals surface area contributed by atoms with Gasteiger partial charge in [0.2, 0.25) is 5.91 Å². The summed E-state index contributed by atoms with van der Waals surface area (Å²) in [7, 11) is 0. The Labute approximate surface area is 94.6 Å². The summed E-state index contributed by atoms with van der Waals surface area (Å²) in [4.78, 5) is 11.4. The van der Waals surface area contributed by atoms with Crippen LogP contribution in [0, 0.1) is 0 Å². The van der Waals surface area contributed by atoms with Gasteiger partial charge in [0, 0.05) is 6.04 Å². The molecule has 0 bridgehead atoms. The molecule has 0 aromatic heterocycles. The Morgan fingerprint density at radius 2 is 1.93 bits per heavy atom. The molecular formula is C12H14ClNO. The number of hydrogen-bond acceptors (Lipinski definition) is 1. The summed E-state index contributed by atoms with van der Waals surface area (Å²) >= 11 is 5.71. The molecule has 0 aliphatic heterocycles. The maximum Gasteiger partial charge on any atom is 0.238 e. The smallest absolute Gasteiger partial charge is 0.238 e. The molecule has 1 aliphatic carbocycles. The molecular weight excluding hydrogens is 210 g/mol. The number of halogens is 1. The van der Waals surface area contributed by atoms with Crippen LogP contribution in [0.1, 0.15) is 18.1 Å². The largest absolute Gasteiger partial charge is 0.351 e. The summed E-state index contributed by atoms with van der Waals surface area (Å²) in [6.45, 7) is 1.69. The van der Waals surface area contributed by atoms with Crippen molar-refractivity contribution in [1.82, 2.24) is 5.32 Å². The number of carbonyl (C=O) groups is 1. The van der Waals surface area contributed by atoms with Crippen molar-refractivity contribution in [1.29, 1.82) is 0 Å². The molecule has 2 nitrogen and oxygen atoms in total. The molecule has 1 N–H and O–H groups in total. The van der Waals surface area contributed by atoms with E-state index < -0.39 is 5.38 Å². The van der Waals surface area contributed by atoms with Gasteiger partial charge in [0.05, 0.1) is 0 Å². The van der Waals surface area contributed by atoms with Gasteiger partial charge >= 0.3 is 0 Å². The minimum Gasteiger partial charge on any atom is -0.351 e. The van der Waals surface area contributed by atoms with E-state index >= 15 is 0 Å². The SMILES string of the molecule is CC(Cl)C(=O)NC1Cc2ccccc2C1. The van der Waals surface area contributed by atoms with Crippen molar-refractivity contribution >= 4 is 17.5 Å². The molecule has 80 valence electrons. The van der Waals surface area contributed by atoms with Gasteiger partial charge < -0.3 is 5.32 Å². The number of rotatable bonds is 2. The molecule has 0 saturated heterocycles. The van der Waals surface area contributed by atoms with E-state index in [2.05, 4.69) is 17.4 Å². The molecule has 1 aliphatic rings. The van der Waals surface area contributed by atoms with Crippen molar-refractivity contribution in [3.8, 4) is 0 Å². The van der Waals surface area contributed by atoms with E-state index in [1.165, 1.54) is 11.1 Å². The quantitative estimate of drug-likeness (QED) is 0.763. The Kier molecular flexibility index (Phi) is 2.96. The van der Waals surface area contributed by atoms with Crippen molar-refractivity contribution in [3.05, 3.63) is 35.4 Å². The molecule has 1 atom stereocenters. The summed E-state index contributed by atoms with van der Waals surface area (Å²) in [6.07, 6.45) is 1.84. The molecule has 2 rings (SSSR count). The van der Waals surface area contributed by atoms with Crippen molar-refractivity contribution in [2.75, 3.05) is 0 Å².